The third kappa shape index (κ3) is 5.09. The molecule has 0 amide bonds. The van der Waals surface area contributed by atoms with Gasteiger partial charge < -0.3 is 5.32 Å². The van der Waals surface area contributed by atoms with Crippen molar-refractivity contribution in [3.05, 3.63) is 70.6 Å². The fourth-order valence-corrected chi connectivity index (χ4v) is 6.14. The van der Waals surface area contributed by atoms with Gasteiger partial charge in [-0.05, 0) is 82.9 Å². The van der Waals surface area contributed by atoms with Crippen molar-refractivity contribution >= 4 is 38.5 Å². The number of benzene rings is 2. The van der Waals surface area contributed by atoms with Crippen molar-refractivity contribution in [2.24, 2.45) is 0 Å². The van der Waals surface area contributed by atoms with E-state index < -0.39 is 10.0 Å². The number of sulfonamides is 1. The summed E-state index contributed by atoms with van der Waals surface area (Å²) in [6.07, 6.45) is 3.12. The minimum Gasteiger partial charge on any atom is -0.367 e. The van der Waals surface area contributed by atoms with Gasteiger partial charge in [0.05, 0.1) is 21.7 Å². The molecule has 1 fully saturated rings. The highest BCUT2D eigenvalue weighted by Crippen LogP contribution is 2.30. The predicted molar refractivity (Wildman–Crippen MR) is 142 cm³/mol. The van der Waals surface area contributed by atoms with Gasteiger partial charge in [0, 0.05) is 17.1 Å². The zero-order valence-corrected chi connectivity index (χ0v) is 22.1. The zero-order valence-electron chi connectivity index (χ0n) is 20.5. The standard InChI is InChI=1S/C26H29ClN6O2S/c1-16-4-12-22(13-5-16)33-26-24(17(2)31-33)25(28-18(3)29-26)30-20-8-10-21(11-9-20)32-36(34,35)23-14-6-19(27)7-15-23/h4-7,12-15,20-21,32H,8-11H2,1-3H3,(H,28,29,30). The van der Waals surface area contributed by atoms with Gasteiger partial charge in [0.15, 0.2) is 5.65 Å². The minimum absolute atomic E-state index is 0.109. The molecule has 2 aromatic carbocycles. The Labute approximate surface area is 216 Å². The maximum absolute atomic E-state index is 12.7. The summed E-state index contributed by atoms with van der Waals surface area (Å²) in [6, 6.07) is 14.5. The van der Waals surface area contributed by atoms with Gasteiger partial charge in [-0.3, -0.25) is 0 Å². The third-order valence-electron chi connectivity index (χ3n) is 6.61. The molecule has 2 N–H and O–H groups in total. The molecule has 36 heavy (non-hydrogen) atoms. The number of nitrogens with one attached hydrogen (secondary N) is 2. The van der Waals surface area contributed by atoms with E-state index >= 15 is 0 Å². The fourth-order valence-electron chi connectivity index (χ4n) is 4.71. The van der Waals surface area contributed by atoms with E-state index in [-0.39, 0.29) is 17.0 Å². The molecule has 5 rings (SSSR count). The average Bonchev–Trinajstić information content (AvgIpc) is 3.17. The van der Waals surface area contributed by atoms with Crippen molar-refractivity contribution in [2.75, 3.05) is 5.32 Å². The molecule has 0 atom stereocenters. The summed E-state index contributed by atoms with van der Waals surface area (Å²) < 4.78 is 30.2. The van der Waals surface area contributed by atoms with Crippen LogP contribution < -0.4 is 10.0 Å². The topological polar surface area (TPSA) is 102 Å². The van der Waals surface area contributed by atoms with Crippen LogP contribution in [0.2, 0.25) is 5.02 Å². The number of fused-ring (bicyclic) bond motifs is 1. The van der Waals surface area contributed by atoms with Crippen LogP contribution in [0.5, 0.6) is 0 Å². The zero-order chi connectivity index (χ0) is 25.4. The summed E-state index contributed by atoms with van der Waals surface area (Å²) >= 11 is 5.89. The first-order chi connectivity index (χ1) is 17.2. The van der Waals surface area contributed by atoms with Crippen LogP contribution in [-0.4, -0.2) is 40.2 Å². The van der Waals surface area contributed by atoms with E-state index in [9.17, 15) is 8.42 Å². The number of nitrogens with zero attached hydrogens (tertiary/aromatic N) is 4. The van der Waals surface area contributed by atoms with Gasteiger partial charge >= 0.3 is 0 Å². The lowest BCUT2D eigenvalue weighted by Crippen LogP contribution is -2.40. The van der Waals surface area contributed by atoms with Crippen LogP contribution in [0.3, 0.4) is 0 Å². The number of anilines is 1. The van der Waals surface area contributed by atoms with E-state index in [2.05, 4.69) is 29.1 Å². The Kier molecular flexibility index (Phi) is 6.72. The molecule has 0 saturated heterocycles. The number of halogens is 1. The van der Waals surface area contributed by atoms with Crippen LogP contribution in [0.15, 0.2) is 53.4 Å². The molecule has 2 heterocycles. The van der Waals surface area contributed by atoms with Crippen LogP contribution in [0, 0.1) is 20.8 Å². The quantitative estimate of drug-likeness (QED) is 0.364. The predicted octanol–water partition coefficient (Wildman–Crippen LogP) is 5.10. The molecule has 1 aliphatic rings. The van der Waals surface area contributed by atoms with Gasteiger partial charge in [0.2, 0.25) is 10.0 Å². The Morgan fingerprint density at radius 2 is 1.53 bits per heavy atom. The molecule has 0 bridgehead atoms. The summed E-state index contributed by atoms with van der Waals surface area (Å²) in [5.74, 6) is 1.45. The molecule has 0 radical (unpaired) electrons. The van der Waals surface area contributed by atoms with Crippen molar-refractivity contribution < 1.29 is 8.42 Å². The van der Waals surface area contributed by atoms with Crippen molar-refractivity contribution in [3.8, 4) is 5.69 Å². The van der Waals surface area contributed by atoms with Crippen molar-refractivity contribution in [1.29, 1.82) is 0 Å². The second-order valence-corrected chi connectivity index (χ2v) is 11.6. The maximum Gasteiger partial charge on any atom is 0.240 e. The summed E-state index contributed by atoms with van der Waals surface area (Å²) in [6.45, 7) is 5.91. The van der Waals surface area contributed by atoms with Crippen LogP contribution in [0.25, 0.3) is 16.7 Å². The average molecular weight is 525 g/mol. The molecule has 0 unspecified atom stereocenters. The largest absolute Gasteiger partial charge is 0.367 e. The molecule has 2 aromatic heterocycles. The van der Waals surface area contributed by atoms with E-state index in [1.165, 1.54) is 17.7 Å². The number of rotatable bonds is 6. The molecule has 0 aliphatic heterocycles. The molecule has 1 aliphatic carbocycles. The van der Waals surface area contributed by atoms with E-state index in [0.717, 1.165) is 53.9 Å². The third-order valence-corrected chi connectivity index (χ3v) is 8.39. The van der Waals surface area contributed by atoms with Crippen molar-refractivity contribution in [2.45, 2.75) is 63.4 Å². The lowest BCUT2D eigenvalue weighted by molar-refractivity contribution is 0.387. The second kappa shape index (κ2) is 9.80. The minimum atomic E-state index is -3.58. The number of aromatic nitrogens is 4. The lowest BCUT2D eigenvalue weighted by atomic mass is 9.92. The summed E-state index contributed by atoms with van der Waals surface area (Å²) in [5, 5.41) is 9.78. The molecule has 188 valence electrons. The smallest absolute Gasteiger partial charge is 0.240 e. The fraction of sp³-hybridized carbons (Fsp3) is 0.346. The highest BCUT2D eigenvalue weighted by molar-refractivity contribution is 7.89. The maximum atomic E-state index is 12.7. The lowest BCUT2D eigenvalue weighted by Gasteiger charge is -2.30. The first kappa shape index (κ1) is 24.7. The molecular weight excluding hydrogens is 496 g/mol. The van der Waals surface area contributed by atoms with E-state index in [0.29, 0.717) is 10.8 Å². The summed E-state index contributed by atoms with van der Waals surface area (Å²) in [5.41, 5.74) is 3.77. The van der Waals surface area contributed by atoms with E-state index in [4.69, 9.17) is 26.7 Å². The Morgan fingerprint density at radius 3 is 2.19 bits per heavy atom. The van der Waals surface area contributed by atoms with Crippen LogP contribution in [0.4, 0.5) is 5.82 Å². The Morgan fingerprint density at radius 1 is 0.889 bits per heavy atom. The van der Waals surface area contributed by atoms with E-state index in [1.54, 1.807) is 12.1 Å². The van der Waals surface area contributed by atoms with Crippen LogP contribution in [-0.2, 0) is 10.0 Å². The number of hydrogen-bond donors (Lipinski definition) is 2. The van der Waals surface area contributed by atoms with Gasteiger partial charge in [-0.2, -0.15) is 5.10 Å². The SMILES string of the molecule is Cc1ccc(-n2nc(C)c3c(NC4CCC(NS(=O)(=O)c5ccc(Cl)cc5)CC4)nc(C)nc32)cc1. The number of aryl methyl sites for hydroxylation is 3. The van der Waals surface area contributed by atoms with Crippen molar-refractivity contribution in [3.63, 3.8) is 0 Å². The van der Waals surface area contributed by atoms with Gasteiger partial charge in [0.25, 0.3) is 0 Å². The Balaban J connectivity index is 1.31. The molecule has 1 saturated carbocycles. The Hall–Kier alpha value is -3.01. The molecular formula is C26H29ClN6O2S. The normalized spacial score (nSPS) is 18.4. The van der Waals surface area contributed by atoms with Crippen molar-refractivity contribution in [1.82, 2.24) is 24.5 Å². The summed E-state index contributed by atoms with van der Waals surface area (Å²) in [4.78, 5) is 9.63. The molecule has 10 heteroatoms. The van der Waals surface area contributed by atoms with Crippen LogP contribution >= 0.6 is 11.6 Å². The Bertz CT molecular complexity index is 1490. The van der Waals surface area contributed by atoms with Crippen LogP contribution in [0.1, 0.15) is 42.8 Å². The molecule has 4 aromatic rings. The first-order valence-corrected chi connectivity index (χ1v) is 13.9. The van der Waals surface area contributed by atoms with Gasteiger partial charge in [-0.1, -0.05) is 29.3 Å². The molecule has 8 nitrogen and oxygen atoms in total. The molecule has 0 spiro atoms. The second-order valence-electron chi connectivity index (χ2n) is 9.42. The van der Waals surface area contributed by atoms with Gasteiger partial charge in [0.1, 0.15) is 11.6 Å². The highest BCUT2D eigenvalue weighted by atomic mass is 35.5. The monoisotopic (exact) mass is 524 g/mol. The number of hydrogen-bond acceptors (Lipinski definition) is 6. The highest BCUT2D eigenvalue weighted by Gasteiger charge is 2.27. The summed E-state index contributed by atoms with van der Waals surface area (Å²) in [7, 11) is -3.58. The first-order valence-electron chi connectivity index (χ1n) is 12.0. The van der Waals surface area contributed by atoms with Gasteiger partial charge in [-0.15, -0.1) is 0 Å². The van der Waals surface area contributed by atoms with Gasteiger partial charge in [-0.25, -0.2) is 27.8 Å². The van der Waals surface area contributed by atoms with E-state index in [1.807, 2.05) is 30.7 Å².